The van der Waals surface area contributed by atoms with E-state index >= 15 is 0 Å². The Morgan fingerprint density at radius 1 is 1.20 bits per heavy atom. The summed E-state index contributed by atoms with van der Waals surface area (Å²) in [5, 5.41) is 3.01. The molecule has 0 aliphatic heterocycles. The minimum absolute atomic E-state index is 0.0288. The number of carbonyl (C=O) groups excluding carboxylic acids is 1. The molecule has 0 fully saturated rings. The smallest absolute Gasteiger partial charge is 0.230 e. The van der Waals surface area contributed by atoms with Crippen molar-refractivity contribution in [3.05, 3.63) is 59.9 Å². The van der Waals surface area contributed by atoms with Gasteiger partial charge in [0, 0.05) is 17.3 Å². The van der Waals surface area contributed by atoms with Crippen LogP contribution in [0.2, 0.25) is 0 Å². The average molecular weight is 286 g/mol. The Labute approximate surface area is 123 Å². The third-order valence-corrected chi connectivity index (χ3v) is 3.99. The van der Waals surface area contributed by atoms with Crippen molar-refractivity contribution >= 4 is 17.7 Å². The number of hydrogen-bond donors (Lipinski definition) is 1. The summed E-state index contributed by atoms with van der Waals surface area (Å²) in [4.78, 5) is 16.9. The quantitative estimate of drug-likeness (QED) is 0.857. The maximum atomic E-state index is 11.9. The highest BCUT2D eigenvalue weighted by Crippen LogP contribution is 2.17. The number of benzene rings is 1. The standard InChI is InChI=1S/C16H18N2OS/c1-12-3-5-14(6-4-12)13(2)18-16(19)11-20-15-7-9-17-10-8-15/h3-10,13H,11H2,1-2H3,(H,18,19). The minimum atomic E-state index is 0.0288. The lowest BCUT2D eigenvalue weighted by Gasteiger charge is -2.14. The zero-order chi connectivity index (χ0) is 14.4. The van der Waals surface area contributed by atoms with E-state index in [1.165, 1.54) is 17.3 Å². The Morgan fingerprint density at radius 3 is 2.50 bits per heavy atom. The fourth-order valence-electron chi connectivity index (χ4n) is 1.80. The number of thioether (sulfide) groups is 1. The molecule has 0 bridgehead atoms. The average Bonchev–Trinajstić information content (AvgIpc) is 2.47. The predicted octanol–water partition coefficient (Wildman–Crippen LogP) is 3.36. The monoisotopic (exact) mass is 286 g/mol. The molecular formula is C16H18N2OS. The van der Waals surface area contributed by atoms with E-state index in [9.17, 15) is 4.79 Å². The van der Waals surface area contributed by atoms with Crippen molar-refractivity contribution in [1.82, 2.24) is 10.3 Å². The summed E-state index contributed by atoms with van der Waals surface area (Å²) in [6.45, 7) is 4.05. The van der Waals surface area contributed by atoms with Gasteiger partial charge in [-0.1, -0.05) is 29.8 Å². The van der Waals surface area contributed by atoms with Crippen molar-refractivity contribution in [3.8, 4) is 0 Å². The molecule has 20 heavy (non-hydrogen) atoms. The third kappa shape index (κ3) is 4.38. The van der Waals surface area contributed by atoms with Gasteiger partial charge in [0.25, 0.3) is 0 Å². The van der Waals surface area contributed by atoms with Gasteiger partial charge in [0.2, 0.25) is 5.91 Å². The highest BCUT2D eigenvalue weighted by atomic mass is 32.2. The first-order chi connectivity index (χ1) is 9.65. The summed E-state index contributed by atoms with van der Waals surface area (Å²) in [5.41, 5.74) is 2.35. The fraction of sp³-hybridized carbons (Fsp3) is 0.250. The molecule has 0 spiro atoms. The molecule has 2 rings (SSSR count). The number of nitrogens with zero attached hydrogens (tertiary/aromatic N) is 1. The predicted molar refractivity (Wildman–Crippen MR) is 82.7 cm³/mol. The summed E-state index contributed by atoms with van der Waals surface area (Å²) in [6.07, 6.45) is 3.46. The van der Waals surface area contributed by atoms with Crippen LogP contribution in [0.3, 0.4) is 0 Å². The summed E-state index contributed by atoms with van der Waals surface area (Å²) in [5.74, 6) is 0.458. The summed E-state index contributed by atoms with van der Waals surface area (Å²) in [6, 6.07) is 12.1. The molecule has 1 heterocycles. The molecule has 1 N–H and O–H groups in total. The van der Waals surface area contributed by atoms with E-state index in [0.29, 0.717) is 5.75 Å². The molecule has 104 valence electrons. The van der Waals surface area contributed by atoms with Gasteiger partial charge >= 0.3 is 0 Å². The molecule has 1 aromatic carbocycles. The van der Waals surface area contributed by atoms with Crippen LogP contribution in [0.5, 0.6) is 0 Å². The Hall–Kier alpha value is -1.81. The number of rotatable bonds is 5. The van der Waals surface area contributed by atoms with Crippen LogP contribution >= 0.6 is 11.8 Å². The molecule has 0 saturated heterocycles. The van der Waals surface area contributed by atoms with Gasteiger partial charge in [-0.25, -0.2) is 0 Å². The van der Waals surface area contributed by atoms with E-state index in [1.807, 2.05) is 19.1 Å². The zero-order valence-electron chi connectivity index (χ0n) is 11.7. The maximum absolute atomic E-state index is 11.9. The normalized spacial score (nSPS) is 11.9. The number of pyridine rings is 1. The largest absolute Gasteiger partial charge is 0.349 e. The van der Waals surface area contributed by atoms with Crippen molar-refractivity contribution < 1.29 is 4.79 Å². The highest BCUT2D eigenvalue weighted by molar-refractivity contribution is 8.00. The van der Waals surface area contributed by atoms with Crippen molar-refractivity contribution in [2.75, 3.05) is 5.75 Å². The Bertz CT molecular complexity index is 554. The van der Waals surface area contributed by atoms with Gasteiger partial charge < -0.3 is 5.32 Å². The van der Waals surface area contributed by atoms with Crippen LogP contribution in [-0.4, -0.2) is 16.6 Å². The molecule has 0 radical (unpaired) electrons. The lowest BCUT2D eigenvalue weighted by atomic mass is 10.1. The van der Waals surface area contributed by atoms with Crippen LogP contribution in [0.15, 0.2) is 53.7 Å². The van der Waals surface area contributed by atoms with Gasteiger partial charge in [-0.2, -0.15) is 0 Å². The van der Waals surface area contributed by atoms with Gasteiger partial charge in [0.1, 0.15) is 0 Å². The van der Waals surface area contributed by atoms with Crippen LogP contribution in [0, 0.1) is 6.92 Å². The number of nitrogens with one attached hydrogen (secondary N) is 1. The first kappa shape index (κ1) is 14.6. The number of aromatic nitrogens is 1. The number of amides is 1. The summed E-state index contributed by atoms with van der Waals surface area (Å²) in [7, 11) is 0. The second-order valence-corrected chi connectivity index (χ2v) is 5.72. The van der Waals surface area contributed by atoms with E-state index in [0.717, 1.165) is 10.5 Å². The van der Waals surface area contributed by atoms with Gasteiger partial charge in [-0.05, 0) is 31.5 Å². The van der Waals surface area contributed by atoms with Crippen molar-refractivity contribution in [2.24, 2.45) is 0 Å². The lowest BCUT2D eigenvalue weighted by Crippen LogP contribution is -2.28. The molecule has 1 unspecified atom stereocenters. The van der Waals surface area contributed by atoms with Crippen molar-refractivity contribution in [1.29, 1.82) is 0 Å². The summed E-state index contributed by atoms with van der Waals surface area (Å²) >= 11 is 1.52. The summed E-state index contributed by atoms with van der Waals surface area (Å²) < 4.78 is 0. The van der Waals surface area contributed by atoms with Crippen LogP contribution in [0.1, 0.15) is 24.1 Å². The SMILES string of the molecule is Cc1ccc(C(C)NC(=O)CSc2ccncc2)cc1. The van der Waals surface area contributed by atoms with Gasteiger partial charge in [0.05, 0.1) is 11.8 Å². The topological polar surface area (TPSA) is 42.0 Å². The molecule has 3 nitrogen and oxygen atoms in total. The minimum Gasteiger partial charge on any atom is -0.349 e. The first-order valence-electron chi connectivity index (χ1n) is 6.54. The second-order valence-electron chi connectivity index (χ2n) is 4.67. The maximum Gasteiger partial charge on any atom is 0.230 e. The Kier molecular flexibility index (Phi) is 5.18. The molecule has 0 aliphatic carbocycles. The Morgan fingerprint density at radius 2 is 1.85 bits per heavy atom. The molecule has 4 heteroatoms. The second kappa shape index (κ2) is 7.10. The molecule has 2 aromatic rings. The van der Waals surface area contributed by atoms with E-state index < -0.39 is 0 Å². The van der Waals surface area contributed by atoms with Gasteiger partial charge in [-0.3, -0.25) is 9.78 Å². The third-order valence-electron chi connectivity index (χ3n) is 2.97. The van der Waals surface area contributed by atoms with Crippen molar-refractivity contribution in [3.63, 3.8) is 0 Å². The highest BCUT2D eigenvalue weighted by Gasteiger charge is 2.09. The number of aryl methyl sites for hydroxylation is 1. The van der Waals surface area contributed by atoms with Crippen LogP contribution in [0.25, 0.3) is 0 Å². The lowest BCUT2D eigenvalue weighted by molar-refractivity contribution is -0.119. The van der Waals surface area contributed by atoms with E-state index in [2.05, 4.69) is 41.5 Å². The van der Waals surface area contributed by atoms with Crippen molar-refractivity contribution in [2.45, 2.75) is 24.8 Å². The van der Waals surface area contributed by atoms with Crippen LogP contribution in [-0.2, 0) is 4.79 Å². The van der Waals surface area contributed by atoms with Gasteiger partial charge in [0.15, 0.2) is 0 Å². The molecule has 0 aliphatic rings. The molecule has 1 aromatic heterocycles. The van der Waals surface area contributed by atoms with E-state index in [1.54, 1.807) is 12.4 Å². The van der Waals surface area contributed by atoms with Crippen LogP contribution in [0.4, 0.5) is 0 Å². The Balaban J connectivity index is 1.83. The molecule has 0 saturated carbocycles. The van der Waals surface area contributed by atoms with E-state index in [-0.39, 0.29) is 11.9 Å². The van der Waals surface area contributed by atoms with E-state index in [4.69, 9.17) is 0 Å². The zero-order valence-corrected chi connectivity index (χ0v) is 12.5. The fourth-order valence-corrected chi connectivity index (χ4v) is 2.50. The molecular weight excluding hydrogens is 268 g/mol. The van der Waals surface area contributed by atoms with Gasteiger partial charge in [-0.15, -0.1) is 11.8 Å². The number of hydrogen-bond acceptors (Lipinski definition) is 3. The number of carbonyl (C=O) groups is 1. The molecule has 1 atom stereocenters. The van der Waals surface area contributed by atoms with Crippen LogP contribution < -0.4 is 5.32 Å². The first-order valence-corrected chi connectivity index (χ1v) is 7.52. The molecule has 1 amide bonds.